The number of hydrogen-bond acceptors (Lipinski definition) is 3. The molecule has 0 aliphatic rings. The van der Waals surface area contributed by atoms with Gasteiger partial charge in [-0.15, -0.1) is 0 Å². The van der Waals surface area contributed by atoms with E-state index in [1.54, 1.807) is 7.05 Å². The van der Waals surface area contributed by atoms with Gasteiger partial charge >= 0.3 is 0 Å². The molecule has 5 nitrogen and oxygen atoms in total. The lowest BCUT2D eigenvalue weighted by molar-refractivity contribution is 0.782. The molecular weight excluding hydrogens is 322 g/mol. The van der Waals surface area contributed by atoms with Gasteiger partial charge in [-0.25, -0.2) is 4.98 Å². The van der Waals surface area contributed by atoms with Gasteiger partial charge in [0.15, 0.2) is 5.96 Å². The van der Waals surface area contributed by atoms with Crippen molar-refractivity contribution in [1.82, 2.24) is 15.6 Å². The fourth-order valence-electron chi connectivity index (χ4n) is 2.23. The summed E-state index contributed by atoms with van der Waals surface area (Å²) in [7, 11) is 5.72. The minimum absolute atomic E-state index is 0.618. The summed E-state index contributed by atoms with van der Waals surface area (Å²) in [5.74, 6) is 1.69. The van der Waals surface area contributed by atoms with E-state index in [4.69, 9.17) is 11.6 Å². The van der Waals surface area contributed by atoms with Crippen LogP contribution in [-0.4, -0.2) is 38.6 Å². The van der Waals surface area contributed by atoms with E-state index in [0.29, 0.717) is 6.54 Å². The number of aromatic nitrogens is 1. The third-order valence-electron chi connectivity index (χ3n) is 3.56. The lowest BCUT2D eigenvalue weighted by Gasteiger charge is -2.14. The van der Waals surface area contributed by atoms with Crippen LogP contribution in [0.25, 0.3) is 0 Å². The number of nitrogens with one attached hydrogen (secondary N) is 2. The molecule has 6 heteroatoms. The number of pyridine rings is 1. The van der Waals surface area contributed by atoms with E-state index >= 15 is 0 Å². The quantitative estimate of drug-likeness (QED) is 0.624. The van der Waals surface area contributed by atoms with Crippen LogP contribution in [0.1, 0.15) is 11.3 Å². The number of benzene rings is 1. The van der Waals surface area contributed by atoms with Crippen LogP contribution in [0.2, 0.25) is 5.02 Å². The molecule has 0 aliphatic heterocycles. The molecule has 0 spiro atoms. The van der Waals surface area contributed by atoms with Gasteiger partial charge in [0.2, 0.25) is 0 Å². The number of anilines is 1. The summed E-state index contributed by atoms with van der Waals surface area (Å²) in [5, 5.41) is 7.37. The molecule has 2 rings (SSSR count). The maximum absolute atomic E-state index is 6.17. The number of nitrogens with zero attached hydrogens (tertiary/aromatic N) is 3. The normalized spacial score (nSPS) is 11.2. The molecule has 0 radical (unpaired) electrons. The van der Waals surface area contributed by atoms with Crippen LogP contribution in [0.15, 0.2) is 47.5 Å². The number of guanidine groups is 1. The van der Waals surface area contributed by atoms with E-state index in [2.05, 4.69) is 20.6 Å². The monoisotopic (exact) mass is 345 g/mol. The highest BCUT2D eigenvalue weighted by Crippen LogP contribution is 2.14. The van der Waals surface area contributed by atoms with Gasteiger partial charge in [0.05, 0.1) is 12.2 Å². The van der Waals surface area contributed by atoms with Crippen LogP contribution in [0.3, 0.4) is 0 Å². The SMILES string of the molecule is CN=C(NCCc1ccccc1Cl)NCc1cccc(N(C)C)n1. The first-order chi connectivity index (χ1) is 11.6. The van der Waals surface area contributed by atoms with Gasteiger partial charge in [-0.05, 0) is 30.2 Å². The minimum Gasteiger partial charge on any atom is -0.363 e. The number of halogens is 1. The summed E-state index contributed by atoms with van der Waals surface area (Å²) in [6.45, 7) is 1.38. The van der Waals surface area contributed by atoms with Crippen LogP contribution in [0.4, 0.5) is 5.82 Å². The molecule has 0 bridgehead atoms. The van der Waals surface area contributed by atoms with Crippen molar-refractivity contribution in [3.63, 3.8) is 0 Å². The Morgan fingerprint density at radius 1 is 1.12 bits per heavy atom. The topological polar surface area (TPSA) is 52.6 Å². The molecule has 0 fully saturated rings. The molecule has 0 aliphatic carbocycles. The van der Waals surface area contributed by atoms with Crippen LogP contribution >= 0.6 is 11.6 Å². The van der Waals surface area contributed by atoms with Gasteiger partial charge in [-0.1, -0.05) is 35.9 Å². The first-order valence-corrected chi connectivity index (χ1v) is 8.29. The summed E-state index contributed by atoms with van der Waals surface area (Å²) >= 11 is 6.17. The van der Waals surface area contributed by atoms with Crippen LogP contribution in [-0.2, 0) is 13.0 Å². The second-order valence-electron chi connectivity index (χ2n) is 5.58. The molecule has 2 aromatic rings. The van der Waals surface area contributed by atoms with Gasteiger partial charge in [-0.2, -0.15) is 0 Å². The Morgan fingerprint density at radius 3 is 2.62 bits per heavy atom. The zero-order valence-electron chi connectivity index (χ0n) is 14.4. The number of rotatable bonds is 6. The molecule has 0 saturated heterocycles. The van der Waals surface area contributed by atoms with E-state index in [9.17, 15) is 0 Å². The summed E-state index contributed by atoms with van der Waals surface area (Å²) in [6, 6.07) is 13.9. The van der Waals surface area contributed by atoms with E-state index in [-0.39, 0.29) is 0 Å². The van der Waals surface area contributed by atoms with Gasteiger partial charge < -0.3 is 15.5 Å². The largest absolute Gasteiger partial charge is 0.363 e. The van der Waals surface area contributed by atoms with Gasteiger partial charge in [0, 0.05) is 32.7 Å². The van der Waals surface area contributed by atoms with Crippen LogP contribution in [0, 0.1) is 0 Å². The molecule has 128 valence electrons. The Morgan fingerprint density at radius 2 is 1.92 bits per heavy atom. The molecule has 0 amide bonds. The van der Waals surface area contributed by atoms with Crippen molar-refractivity contribution in [3.05, 3.63) is 58.7 Å². The van der Waals surface area contributed by atoms with Crippen molar-refractivity contribution in [2.45, 2.75) is 13.0 Å². The Bertz CT molecular complexity index is 685. The standard InChI is InChI=1S/C18H24ClN5/c1-20-18(21-12-11-14-7-4-5-9-16(14)19)22-13-15-8-6-10-17(23-15)24(2)3/h4-10H,11-13H2,1-3H3,(H2,20,21,22). The van der Waals surface area contributed by atoms with Crippen molar-refractivity contribution in [2.75, 3.05) is 32.6 Å². The Labute approximate surface area is 148 Å². The molecule has 0 unspecified atom stereocenters. The molecular formula is C18H24ClN5. The fraction of sp³-hybridized carbons (Fsp3) is 0.333. The average molecular weight is 346 g/mol. The predicted molar refractivity (Wildman–Crippen MR) is 102 cm³/mol. The lowest BCUT2D eigenvalue weighted by Crippen LogP contribution is -2.38. The molecule has 2 N–H and O–H groups in total. The summed E-state index contributed by atoms with van der Waals surface area (Å²) in [6.07, 6.45) is 0.842. The molecule has 1 heterocycles. The third-order valence-corrected chi connectivity index (χ3v) is 3.92. The Kier molecular flexibility index (Phi) is 6.88. The summed E-state index contributed by atoms with van der Waals surface area (Å²) in [4.78, 5) is 10.8. The molecule has 0 atom stereocenters. The summed E-state index contributed by atoms with van der Waals surface area (Å²) < 4.78 is 0. The second-order valence-corrected chi connectivity index (χ2v) is 5.98. The summed E-state index contributed by atoms with van der Waals surface area (Å²) in [5.41, 5.74) is 2.10. The van der Waals surface area contributed by atoms with E-state index in [0.717, 1.165) is 41.0 Å². The maximum atomic E-state index is 6.17. The highest BCUT2D eigenvalue weighted by Gasteiger charge is 2.03. The smallest absolute Gasteiger partial charge is 0.191 e. The third kappa shape index (κ3) is 5.42. The zero-order valence-corrected chi connectivity index (χ0v) is 15.1. The zero-order chi connectivity index (χ0) is 17.4. The fourth-order valence-corrected chi connectivity index (χ4v) is 2.46. The van der Waals surface area contributed by atoms with Crippen molar-refractivity contribution < 1.29 is 0 Å². The van der Waals surface area contributed by atoms with Crippen LogP contribution < -0.4 is 15.5 Å². The minimum atomic E-state index is 0.618. The van der Waals surface area contributed by atoms with E-state index < -0.39 is 0 Å². The second kappa shape index (κ2) is 9.13. The highest BCUT2D eigenvalue weighted by molar-refractivity contribution is 6.31. The molecule has 24 heavy (non-hydrogen) atoms. The van der Waals surface area contributed by atoms with E-state index in [1.807, 2.05) is 61.5 Å². The molecule has 1 aromatic heterocycles. The van der Waals surface area contributed by atoms with Crippen molar-refractivity contribution in [3.8, 4) is 0 Å². The average Bonchev–Trinajstić information content (AvgIpc) is 2.59. The maximum Gasteiger partial charge on any atom is 0.191 e. The number of hydrogen-bond donors (Lipinski definition) is 2. The van der Waals surface area contributed by atoms with Gasteiger partial charge in [0.1, 0.15) is 5.82 Å². The first-order valence-electron chi connectivity index (χ1n) is 7.91. The first kappa shape index (κ1) is 18.1. The van der Waals surface area contributed by atoms with E-state index in [1.165, 1.54) is 0 Å². The van der Waals surface area contributed by atoms with Crippen LogP contribution in [0.5, 0.6) is 0 Å². The Balaban J connectivity index is 1.82. The van der Waals surface area contributed by atoms with Gasteiger partial charge in [0.25, 0.3) is 0 Å². The predicted octanol–water partition coefficient (Wildman–Crippen LogP) is 2.71. The van der Waals surface area contributed by atoms with Crippen molar-refractivity contribution >= 4 is 23.4 Å². The lowest BCUT2D eigenvalue weighted by atomic mass is 10.1. The molecule has 0 saturated carbocycles. The van der Waals surface area contributed by atoms with Crippen molar-refractivity contribution in [1.29, 1.82) is 0 Å². The highest BCUT2D eigenvalue weighted by atomic mass is 35.5. The Hall–Kier alpha value is -2.27. The number of aliphatic imine (C=N–C) groups is 1. The van der Waals surface area contributed by atoms with Gasteiger partial charge in [-0.3, -0.25) is 4.99 Å². The van der Waals surface area contributed by atoms with Crippen molar-refractivity contribution in [2.24, 2.45) is 4.99 Å². The molecule has 1 aromatic carbocycles.